The summed E-state index contributed by atoms with van der Waals surface area (Å²) >= 11 is 0. The minimum absolute atomic E-state index is 0.134. The SMILES string of the molecule is N=Nc1ccc(C(O)(C(F)(F)F)C(F)(F)F)cc1. The summed E-state index contributed by atoms with van der Waals surface area (Å²) in [4.78, 5) is 0. The molecule has 18 heavy (non-hydrogen) atoms. The maximum Gasteiger partial charge on any atom is 0.430 e. The molecule has 0 radical (unpaired) electrons. The summed E-state index contributed by atoms with van der Waals surface area (Å²) in [6.07, 6.45) is -11.8. The zero-order valence-electron chi connectivity index (χ0n) is 8.47. The van der Waals surface area contributed by atoms with Crippen LogP contribution in [0, 0.1) is 5.53 Å². The minimum Gasteiger partial charge on any atom is -0.369 e. The number of halogens is 6. The Labute approximate surface area is 96.6 Å². The van der Waals surface area contributed by atoms with E-state index in [1.54, 1.807) is 0 Å². The molecule has 0 fully saturated rings. The van der Waals surface area contributed by atoms with Crippen molar-refractivity contribution < 1.29 is 31.4 Å². The summed E-state index contributed by atoms with van der Waals surface area (Å²) in [5.74, 6) is 0. The first kappa shape index (κ1) is 14.4. The van der Waals surface area contributed by atoms with Crippen molar-refractivity contribution in [3.05, 3.63) is 29.8 Å². The first-order chi connectivity index (χ1) is 8.04. The number of alkyl halides is 6. The summed E-state index contributed by atoms with van der Waals surface area (Å²) in [6.45, 7) is 0. The molecule has 0 saturated carbocycles. The molecule has 1 aromatic carbocycles. The molecule has 3 nitrogen and oxygen atoms in total. The Balaban J connectivity index is 3.40. The van der Waals surface area contributed by atoms with Crippen LogP contribution in [0.15, 0.2) is 29.4 Å². The van der Waals surface area contributed by atoms with Gasteiger partial charge in [-0.05, 0) is 12.1 Å². The molecule has 0 saturated heterocycles. The van der Waals surface area contributed by atoms with Gasteiger partial charge in [0.15, 0.2) is 0 Å². The average molecular weight is 272 g/mol. The molecule has 0 aliphatic rings. The number of rotatable bonds is 2. The Bertz CT molecular complexity index is 422. The summed E-state index contributed by atoms with van der Waals surface area (Å²) in [7, 11) is 0. The second-order valence-electron chi connectivity index (χ2n) is 3.36. The van der Waals surface area contributed by atoms with E-state index in [4.69, 9.17) is 10.6 Å². The average Bonchev–Trinajstić information content (AvgIpc) is 2.25. The molecule has 0 aliphatic heterocycles. The zero-order valence-corrected chi connectivity index (χ0v) is 8.47. The molecule has 0 heterocycles. The fraction of sp³-hybridized carbons (Fsp3) is 0.333. The lowest BCUT2D eigenvalue weighted by Gasteiger charge is -2.32. The second kappa shape index (κ2) is 4.23. The standard InChI is InChI=1S/C9H6F6N2O/c10-8(11,12)7(18,9(13,14)15)5-1-3-6(17-16)4-2-5/h1-4,16,18H. The van der Waals surface area contributed by atoms with Gasteiger partial charge in [-0.15, -0.1) is 0 Å². The normalized spacial score (nSPS) is 13.5. The van der Waals surface area contributed by atoms with Crippen LogP contribution < -0.4 is 0 Å². The second-order valence-corrected chi connectivity index (χ2v) is 3.36. The van der Waals surface area contributed by atoms with Crippen molar-refractivity contribution in [2.24, 2.45) is 5.11 Å². The summed E-state index contributed by atoms with van der Waals surface area (Å²) in [5.41, 5.74) is 0.0764. The lowest BCUT2D eigenvalue weighted by atomic mass is 9.92. The van der Waals surface area contributed by atoms with Gasteiger partial charge in [-0.1, -0.05) is 12.1 Å². The highest BCUT2D eigenvalue weighted by Crippen LogP contribution is 2.50. The topological polar surface area (TPSA) is 56.4 Å². The lowest BCUT2D eigenvalue weighted by molar-refractivity contribution is -0.376. The first-order valence-corrected chi connectivity index (χ1v) is 4.38. The van der Waals surface area contributed by atoms with E-state index >= 15 is 0 Å². The van der Waals surface area contributed by atoms with E-state index in [0.29, 0.717) is 12.1 Å². The van der Waals surface area contributed by atoms with E-state index in [1.165, 1.54) is 0 Å². The predicted octanol–water partition coefficient (Wildman–Crippen LogP) is 3.66. The minimum atomic E-state index is -5.91. The Kier molecular flexibility index (Phi) is 3.39. The van der Waals surface area contributed by atoms with E-state index in [1.807, 2.05) is 0 Å². The molecule has 0 aliphatic carbocycles. The number of nitrogens with zero attached hydrogens (tertiary/aromatic N) is 1. The third kappa shape index (κ3) is 2.17. The molecule has 0 atom stereocenters. The molecule has 1 aromatic rings. The van der Waals surface area contributed by atoms with Gasteiger partial charge in [0.1, 0.15) is 0 Å². The van der Waals surface area contributed by atoms with E-state index < -0.39 is 23.5 Å². The van der Waals surface area contributed by atoms with Crippen LogP contribution in [0.5, 0.6) is 0 Å². The Morgan fingerprint density at radius 3 is 1.56 bits per heavy atom. The largest absolute Gasteiger partial charge is 0.430 e. The number of benzene rings is 1. The van der Waals surface area contributed by atoms with Gasteiger partial charge in [0, 0.05) is 5.56 Å². The summed E-state index contributed by atoms with van der Waals surface area (Å²) < 4.78 is 74.6. The van der Waals surface area contributed by atoms with Gasteiger partial charge in [-0.2, -0.15) is 31.5 Å². The van der Waals surface area contributed by atoms with Crippen LogP contribution in [0.3, 0.4) is 0 Å². The number of hydrogen-bond donors (Lipinski definition) is 2. The van der Waals surface area contributed by atoms with Crippen LogP contribution in [0.4, 0.5) is 32.0 Å². The highest BCUT2D eigenvalue weighted by molar-refractivity contribution is 5.40. The van der Waals surface area contributed by atoms with E-state index in [9.17, 15) is 26.3 Å². The van der Waals surface area contributed by atoms with Gasteiger partial charge >= 0.3 is 12.4 Å². The lowest BCUT2D eigenvalue weighted by Crippen LogP contribution is -2.53. The van der Waals surface area contributed by atoms with Gasteiger partial charge in [0.2, 0.25) is 0 Å². The van der Waals surface area contributed by atoms with Crippen molar-refractivity contribution in [3.63, 3.8) is 0 Å². The number of nitrogens with one attached hydrogen (secondary N) is 1. The van der Waals surface area contributed by atoms with Crippen molar-refractivity contribution in [1.82, 2.24) is 0 Å². The zero-order chi connectivity index (χ0) is 14.2. The molecule has 0 spiro atoms. The Morgan fingerprint density at radius 1 is 0.889 bits per heavy atom. The third-order valence-corrected chi connectivity index (χ3v) is 2.23. The molecule has 0 unspecified atom stereocenters. The molecule has 0 aromatic heterocycles. The third-order valence-electron chi connectivity index (χ3n) is 2.23. The van der Waals surface area contributed by atoms with Gasteiger partial charge < -0.3 is 5.11 Å². The quantitative estimate of drug-likeness (QED) is 0.626. The van der Waals surface area contributed by atoms with Crippen LogP contribution in [0.1, 0.15) is 5.56 Å². The van der Waals surface area contributed by atoms with Crippen LogP contribution in [-0.4, -0.2) is 17.5 Å². The van der Waals surface area contributed by atoms with E-state index in [2.05, 4.69) is 5.11 Å². The van der Waals surface area contributed by atoms with Crippen LogP contribution in [0.2, 0.25) is 0 Å². The highest BCUT2D eigenvalue weighted by Gasteiger charge is 2.71. The fourth-order valence-corrected chi connectivity index (χ4v) is 1.27. The van der Waals surface area contributed by atoms with Crippen LogP contribution >= 0.6 is 0 Å². The number of hydrogen-bond acceptors (Lipinski definition) is 3. The highest BCUT2D eigenvalue weighted by atomic mass is 19.4. The van der Waals surface area contributed by atoms with Crippen molar-refractivity contribution in [1.29, 1.82) is 5.53 Å². The smallest absolute Gasteiger partial charge is 0.369 e. The maximum atomic E-state index is 12.4. The van der Waals surface area contributed by atoms with Gasteiger partial charge in [0.05, 0.1) is 5.69 Å². The fourth-order valence-electron chi connectivity index (χ4n) is 1.27. The van der Waals surface area contributed by atoms with Crippen LogP contribution in [0.25, 0.3) is 0 Å². The monoisotopic (exact) mass is 272 g/mol. The van der Waals surface area contributed by atoms with Crippen molar-refractivity contribution in [2.45, 2.75) is 18.0 Å². The van der Waals surface area contributed by atoms with Crippen molar-refractivity contribution in [2.75, 3.05) is 0 Å². The van der Waals surface area contributed by atoms with E-state index in [-0.39, 0.29) is 5.69 Å². The Morgan fingerprint density at radius 2 is 1.28 bits per heavy atom. The van der Waals surface area contributed by atoms with Gasteiger partial charge in [-0.3, -0.25) is 0 Å². The molecule has 0 amide bonds. The molecular weight excluding hydrogens is 266 g/mol. The van der Waals surface area contributed by atoms with Gasteiger partial charge in [-0.25, -0.2) is 5.53 Å². The molecule has 1 rings (SSSR count). The molecule has 2 N–H and O–H groups in total. The maximum absolute atomic E-state index is 12.4. The van der Waals surface area contributed by atoms with Crippen molar-refractivity contribution >= 4 is 5.69 Å². The Hall–Kier alpha value is -1.64. The van der Waals surface area contributed by atoms with Gasteiger partial charge in [0.25, 0.3) is 5.60 Å². The molecule has 0 bridgehead atoms. The molecule has 9 heteroatoms. The van der Waals surface area contributed by atoms with Crippen molar-refractivity contribution in [3.8, 4) is 0 Å². The number of aliphatic hydroxyl groups is 1. The van der Waals surface area contributed by atoms with E-state index in [0.717, 1.165) is 12.1 Å². The summed E-state index contributed by atoms with van der Waals surface area (Å²) in [5, 5.41) is 11.8. The summed E-state index contributed by atoms with van der Waals surface area (Å²) in [6, 6.07) is 2.39. The molecule has 100 valence electrons. The van der Waals surface area contributed by atoms with Crippen LogP contribution in [-0.2, 0) is 5.60 Å². The first-order valence-electron chi connectivity index (χ1n) is 4.38. The predicted molar refractivity (Wildman–Crippen MR) is 47.3 cm³/mol. The molecular formula is C9H6F6N2O.